The van der Waals surface area contributed by atoms with Crippen molar-refractivity contribution in [3.8, 4) is 0 Å². The van der Waals surface area contributed by atoms with Crippen LogP contribution in [0.3, 0.4) is 0 Å². The molecule has 0 aliphatic carbocycles. The van der Waals surface area contributed by atoms with Gasteiger partial charge < -0.3 is 14.3 Å². The van der Waals surface area contributed by atoms with E-state index < -0.39 is 10.0 Å². The molecular formula is C24H34N4O4S. The standard InChI is InChI=1S/C24H34N4O4S/c1-18-23(19(2)32-25-18)33(30,31)28-15-11-21(12-16-28)24(29)26(3)17-20-7-9-22(10-8-20)27-13-5-4-6-14-27/h7-10,21H,4-6,11-17H2,1-3H3. The minimum absolute atomic E-state index is 0.0736. The Balaban J connectivity index is 1.32. The van der Waals surface area contributed by atoms with Crippen molar-refractivity contribution >= 4 is 21.6 Å². The molecule has 3 heterocycles. The summed E-state index contributed by atoms with van der Waals surface area (Å²) in [5, 5.41) is 3.77. The molecule has 1 aromatic carbocycles. The van der Waals surface area contributed by atoms with E-state index in [9.17, 15) is 13.2 Å². The van der Waals surface area contributed by atoms with Gasteiger partial charge >= 0.3 is 0 Å². The summed E-state index contributed by atoms with van der Waals surface area (Å²) in [5.41, 5.74) is 2.72. The average Bonchev–Trinajstić information content (AvgIpc) is 3.18. The SMILES string of the molecule is Cc1noc(C)c1S(=O)(=O)N1CCC(C(=O)N(C)Cc2ccc(N3CCCCC3)cc2)CC1. The Labute approximate surface area is 196 Å². The zero-order valence-electron chi connectivity index (χ0n) is 19.8. The Kier molecular flexibility index (Phi) is 7.09. The van der Waals surface area contributed by atoms with Gasteiger partial charge in [0.25, 0.3) is 0 Å². The number of amides is 1. The van der Waals surface area contributed by atoms with Gasteiger partial charge in [-0.15, -0.1) is 0 Å². The highest BCUT2D eigenvalue weighted by Crippen LogP contribution is 2.28. The third kappa shape index (κ3) is 5.09. The van der Waals surface area contributed by atoms with Crippen LogP contribution in [0.5, 0.6) is 0 Å². The van der Waals surface area contributed by atoms with Crippen molar-refractivity contribution in [2.24, 2.45) is 5.92 Å². The van der Waals surface area contributed by atoms with E-state index in [1.165, 1.54) is 29.3 Å². The van der Waals surface area contributed by atoms with E-state index in [1.807, 2.05) is 7.05 Å². The lowest BCUT2D eigenvalue weighted by molar-refractivity contribution is -0.135. The van der Waals surface area contributed by atoms with Crippen LogP contribution in [-0.2, 0) is 21.4 Å². The predicted molar refractivity (Wildman–Crippen MR) is 126 cm³/mol. The van der Waals surface area contributed by atoms with Gasteiger partial charge in [-0.3, -0.25) is 4.79 Å². The topological polar surface area (TPSA) is 87.0 Å². The summed E-state index contributed by atoms with van der Waals surface area (Å²) in [6.07, 6.45) is 4.83. The lowest BCUT2D eigenvalue weighted by Crippen LogP contribution is -2.43. The lowest BCUT2D eigenvalue weighted by Gasteiger charge is -2.32. The molecule has 8 nitrogen and oxygen atoms in total. The van der Waals surface area contributed by atoms with Gasteiger partial charge in [-0.05, 0) is 63.6 Å². The maximum Gasteiger partial charge on any atom is 0.248 e. The Morgan fingerprint density at radius 3 is 2.27 bits per heavy atom. The number of aryl methyl sites for hydroxylation is 2. The van der Waals surface area contributed by atoms with Crippen LogP contribution in [-0.4, -0.2) is 61.9 Å². The molecule has 0 atom stereocenters. The van der Waals surface area contributed by atoms with Crippen LogP contribution in [0.4, 0.5) is 5.69 Å². The van der Waals surface area contributed by atoms with Crippen LogP contribution >= 0.6 is 0 Å². The van der Waals surface area contributed by atoms with Crippen molar-refractivity contribution in [3.63, 3.8) is 0 Å². The number of carbonyl (C=O) groups is 1. The van der Waals surface area contributed by atoms with Gasteiger partial charge in [0.05, 0.1) is 0 Å². The molecule has 1 amide bonds. The second-order valence-electron chi connectivity index (χ2n) is 9.24. The second-order valence-corrected chi connectivity index (χ2v) is 11.1. The van der Waals surface area contributed by atoms with Crippen molar-refractivity contribution < 1.29 is 17.7 Å². The van der Waals surface area contributed by atoms with Gasteiger partial charge in [-0.1, -0.05) is 17.3 Å². The van der Waals surface area contributed by atoms with Gasteiger partial charge in [0.2, 0.25) is 15.9 Å². The van der Waals surface area contributed by atoms with Crippen LogP contribution in [0.1, 0.15) is 49.1 Å². The molecule has 2 aliphatic heterocycles. The first-order valence-corrected chi connectivity index (χ1v) is 13.2. The molecule has 4 rings (SSSR count). The molecule has 2 fully saturated rings. The maximum atomic E-state index is 13.0. The summed E-state index contributed by atoms with van der Waals surface area (Å²) in [4.78, 5) is 17.4. The minimum atomic E-state index is -3.66. The average molecular weight is 475 g/mol. The van der Waals surface area contributed by atoms with Crippen molar-refractivity contribution in [2.75, 3.05) is 38.1 Å². The Hall–Kier alpha value is -2.39. The zero-order valence-corrected chi connectivity index (χ0v) is 20.6. The molecule has 2 saturated heterocycles. The molecule has 0 radical (unpaired) electrons. The smallest absolute Gasteiger partial charge is 0.248 e. The first-order chi connectivity index (χ1) is 15.8. The Morgan fingerprint density at radius 2 is 1.70 bits per heavy atom. The minimum Gasteiger partial charge on any atom is -0.372 e. The maximum absolute atomic E-state index is 13.0. The Morgan fingerprint density at radius 1 is 1.06 bits per heavy atom. The van der Waals surface area contributed by atoms with E-state index in [0.29, 0.717) is 43.9 Å². The highest BCUT2D eigenvalue weighted by atomic mass is 32.2. The van der Waals surface area contributed by atoms with Crippen molar-refractivity contribution in [3.05, 3.63) is 41.3 Å². The summed E-state index contributed by atoms with van der Waals surface area (Å²) < 4.78 is 32.5. The second kappa shape index (κ2) is 9.85. The third-order valence-electron chi connectivity index (χ3n) is 6.82. The van der Waals surface area contributed by atoms with E-state index in [-0.39, 0.29) is 16.7 Å². The van der Waals surface area contributed by atoms with Crippen LogP contribution in [0.15, 0.2) is 33.7 Å². The molecule has 0 unspecified atom stereocenters. The number of carbonyl (C=O) groups excluding carboxylic acids is 1. The molecule has 0 N–H and O–H groups in total. The molecule has 0 bridgehead atoms. The highest BCUT2D eigenvalue weighted by molar-refractivity contribution is 7.89. The summed E-state index contributed by atoms with van der Waals surface area (Å²) in [6.45, 7) is 6.66. The van der Waals surface area contributed by atoms with Gasteiger partial charge in [0.1, 0.15) is 10.6 Å². The largest absolute Gasteiger partial charge is 0.372 e. The van der Waals surface area contributed by atoms with E-state index in [4.69, 9.17) is 4.52 Å². The van der Waals surface area contributed by atoms with E-state index in [2.05, 4.69) is 34.3 Å². The number of sulfonamides is 1. The highest BCUT2D eigenvalue weighted by Gasteiger charge is 2.36. The number of nitrogens with zero attached hydrogens (tertiary/aromatic N) is 4. The van der Waals surface area contributed by atoms with Crippen molar-refractivity contribution in [1.29, 1.82) is 0 Å². The van der Waals surface area contributed by atoms with E-state index >= 15 is 0 Å². The molecular weight excluding hydrogens is 440 g/mol. The fraction of sp³-hybridized carbons (Fsp3) is 0.583. The number of anilines is 1. The van der Waals surface area contributed by atoms with Crippen LogP contribution in [0.2, 0.25) is 0 Å². The molecule has 2 aromatic rings. The molecule has 2 aliphatic rings. The molecule has 0 spiro atoms. The molecule has 1 aromatic heterocycles. The number of hydrogen-bond donors (Lipinski definition) is 0. The summed E-state index contributed by atoms with van der Waals surface area (Å²) in [5.74, 6) is 0.208. The number of benzene rings is 1. The first kappa shape index (κ1) is 23.8. The van der Waals surface area contributed by atoms with Crippen LogP contribution in [0, 0.1) is 19.8 Å². The molecule has 0 saturated carbocycles. The van der Waals surface area contributed by atoms with Crippen LogP contribution < -0.4 is 4.90 Å². The third-order valence-corrected chi connectivity index (χ3v) is 8.97. The van der Waals surface area contributed by atoms with Crippen molar-refractivity contribution in [1.82, 2.24) is 14.4 Å². The first-order valence-electron chi connectivity index (χ1n) is 11.8. The molecule has 9 heteroatoms. The lowest BCUT2D eigenvalue weighted by atomic mass is 9.96. The number of aromatic nitrogens is 1. The van der Waals surface area contributed by atoms with Crippen LogP contribution in [0.25, 0.3) is 0 Å². The zero-order chi connectivity index (χ0) is 23.6. The summed E-state index contributed by atoms with van der Waals surface area (Å²) >= 11 is 0. The fourth-order valence-electron chi connectivity index (χ4n) is 4.94. The van der Waals surface area contributed by atoms with E-state index in [1.54, 1.807) is 18.7 Å². The summed E-state index contributed by atoms with van der Waals surface area (Å²) in [7, 11) is -1.84. The normalized spacial score (nSPS) is 18.5. The summed E-state index contributed by atoms with van der Waals surface area (Å²) in [6, 6.07) is 8.51. The monoisotopic (exact) mass is 474 g/mol. The van der Waals surface area contributed by atoms with Gasteiger partial charge in [-0.25, -0.2) is 8.42 Å². The van der Waals surface area contributed by atoms with Crippen molar-refractivity contribution in [2.45, 2.75) is 57.4 Å². The fourth-order valence-corrected chi connectivity index (χ4v) is 6.70. The quantitative estimate of drug-likeness (QED) is 0.638. The molecule has 33 heavy (non-hydrogen) atoms. The van der Waals surface area contributed by atoms with Gasteiger partial charge in [-0.2, -0.15) is 4.31 Å². The Bertz CT molecular complexity index is 1050. The van der Waals surface area contributed by atoms with Gasteiger partial charge in [0, 0.05) is 51.4 Å². The number of piperidine rings is 2. The predicted octanol–water partition coefficient (Wildman–Crippen LogP) is 3.34. The van der Waals surface area contributed by atoms with E-state index in [0.717, 1.165) is 18.7 Å². The number of hydrogen-bond acceptors (Lipinski definition) is 6. The number of rotatable bonds is 6. The van der Waals surface area contributed by atoms with Gasteiger partial charge in [0.15, 0.2) is 5.76 Å². The molecule has 180 valence electrons.